The van der Waals surface area contributed by atoms with Gasteiger partial charge in [-0.15, -0.1) is 0 Å². The number of benzene rings is 2. The number of nitro groups is 1. The van der Waals surface area contributed by atoms with Crippen LogP contribution >= 0.6 is 0 Å². The number of aromatic nitrogens is 1. The Bertz CT molecular complexity index is 1120. The number of anilines is 1. The smallest absolute Gasteiger partial charge is 0.287 e. The molecule has 1 amide bonds. The number of carbonyl (C=O) groups excluding carboxylic acids is 1. The van der Waals surface area contributed by atoms with Crippen LogP contribution in [-0.4, -0.2) is 15.4 Å². The number of carbonyl (C=O) groups is 1. The number of nitriles is 1. The first-order valence-corrected chi connectivity index (χ1v) is 7.56. The predicted molar refractivity (Wildman–Crippen MR) is 94.6 cm³/mol. The molecule has 0 unspecified atom stereocenters. The summed E-state index contributed by atoms with van der Waals surface area (Å²) in [5, 5.41) is 24.3. The molecule has 1 N–H and O–H groups in total. The van der Waals surface area contributed by atoms with E-state index in [1.54, 1.807) is 18.2 Å². The zero-order valence-electron chi connectivity index (χ0n) is 13.4. The molecule has 26 heavy (non-hydrogen) atoms. The van der Waals surface area contributed by atoms with Crippen LogP contribution in [-0.2, 0) is 11.3 Å². The van der Waals surface area contributed by atoms with Crippen LogP contribution < -0.4 is 10.9 Å². The van der Waals surface area contributed by atoms with Gasteiger partial charge in [-0.05, 0) is 11.5 Å². The van der Waals surface area contributed by atoms with Crippen LogP contribution in [0.1, 0.15) is 5.56 Å². The van der Waals surface area contributed by atoms with Gasteiger partial charge >= 0.3 is 0 Å². The van der Waals surface area contributed by atoms with Crippen molar-refractivity contribution < 1.29 is 9.72 Å². The standard InChI is InChI=1S/C18H12N4O4/c19-9-13-8-14(22(25)26)10-21(18(13)24)11-17(23)20-16-7-3-5-12-4-1-2-6-15(12)16/h1-8,10H,11H2,(H,20,23). The van der Waals surface area contributed by atoms with Gasteiger partial charge in [-0.2, -0.15) is 5.26 Å². The minimum Gasteiger partial charge on any atom is -0.324 e. The molecule has 0 saturated heterocycles. The van der Waals surface area contributed by atoms with E-state index in [0.29, 0.717) is 5.69 Å². The van der Waals surface area contributed by atoms with Crippen molar-refractivity contribution >= 4 is 28.1 Å². The van der Waals surface area contributed by atoms with E-state index in [0.717, 1.165) is 27.6 Å². The molecule has 0 atom stereocenters. The van der Waals surface area contributed by atoms with Crippen molar-refractivity contribution in [3.05, 3.63) is 80.8 Å². The Labute approximate surface area is 147 Å². The summed E-state index contributed by atoms with van der Waals surface area (Å²) in [6.07, 6.45) is 0.950. The third kappa shape index (κ3) is 3.27. The summed E-state index contributed by atoms with van der Waals surface area (Å²) in [6.45, 7) is -0.446. The van der Waals surface area contributed by atoms with Gasteiger partial charge in [-0.3, -0.25) is 24.3 Å². The molecule has 3 rings (SSSR count). The highest BCUT2D eigenvalue weighted by atomic mass is 16.6. The number of rotatable bonds is 4. The SMILES string of the molecule is N#Cc1cc([N+](=O)[O-])cn(CC(=O)Nc2cccc3ccccc23)c1=O. The van der Waals surface area contributed by atoms with E-state index in [9.17, 15) is 19.7 Å². The first kappa shape index (κ1) is 16.9. The summed E-state index contributed by atoms with van der Waals surface area (Å²) in [5.41, 5.74) is -1.02. The fourth-order valence-electron chi connectivity index (χ4n) is 2.60. The normalized spacial score (nSPS) is 10.3. The molecule has 0 aliphatic rings. The number of nitrogens with one attached hydrogen (secondary N) is 1. The molecule has 0 aliphatic carbocycles. The highest BCUT2D eigenvalue weighted by Crippen LogP contribution is 2.22. The Hall–Kier alpha value is -3.99. The minimum absolute atomic E-state index is 0.392. The molecule has 0 aliphatic heterocycles. The highest BCUT2D eigenvalue weighted by molar-refractivity contribution is 6.02. The zero-order valence-corrected chi connectivity index (χ0v) is 13.4. The molecule has 0 spiro atoms. The minimum atomic E-state index is -0.758. The summed E-state index contributed by atoms with van der Waals surface area (Å²) in [5.74, 6) is -0.534. The van der Waals surface area contributed by atoms with Gasteiger partial charge in [0.25, 0.3) is 11.2 Å². The Morgan fingerprint density at radius 1 is 1.23 bits per heavy atom. The molecule has 1 aromatic heterocycles. The second-order valence-electron chi connectivity index (χ2n) is 5.49. The van der Waals surface area contributed by atoms with Gasteiger partial charge < -0.3 is 5.32 Å². The molecule has 128 valence electrons. The van der Waals surface area contributed by atoms with Crippen LogP contribution in [0.3, 0.4) is 0 Å². The number of amides is 1. The van der Waals surface area contributed by atoms with Crippen molar-refractivity contribution in [1.29, 1.82) is 5.26 Å². The summed E-state index contributed by atoms with van der Waals surface area (Å²) in [7, 11) is 0. The summed E-state index contributed by atoms with van der Waals surface area (Å²) < 4.78 is 0.858. The van der Waals surface area contributed by atoms with Crippen LogP contribution in [0.15, 0.2) is 59.5 Å². The Morgan fingerprint density at radius 2 is 1.96 bits per heavy atom. The second kappa shape index (κ2) is 6.86. The van der Waals surface area contributed by atoms with Gasteiger partial charge in [0, 0.05) is 17.1 Å². The quantitative estimate of drug-likeness (QED) is 0.574. The number of hydrogen-bond acceptors (Lipinski definition) is 5. The molecule has 1 heterocycles. The monoisotopic (exact) mass is 348 g/mol. The lowest BCUT2D eigenvalue weighted by atomic mass is 10.1. The van der Waals surface area contributed by atoms with Gasteiger partial charge in [0.05, 0.1) is 11.1 Å². The molecule has 3 aromatic rings. The second-order valence-corrected chi connectivity index (χ2v) is 5.49. The fraction of sp³-hybridized carbons (Fsp3) is 0.0556. The van der Waals surface area contributed by atoms with E-state index in [1.165, 1.54) is 0 Å². The van der Waals surface area contributed by atoms with Gasteiger partial charge in [-0.25, -0.2) is 0 Å². The van der Waals surface area contributed by atoms with Crippen LogP contribution in [0.2, 0.25) is 0 Å². The first-order valence-electron chi connectivity index (χ1n) is 7.56. The molecule has 0 saturated carbocycles. The number of fused-ring (bicyclic) bond motifs is 1. The van der Waals surface area contributed by atoms with Crippen LogP contribution in [0.25, 0.3) is 10.8 Å². The van der Waals surface area contributed by atoms with Gasteiger partial charge in [0.15, 0.2) is 0 Å². The highest BCUT2D eigenvalue weighted by Gasteiger charge is 2.16. The average Bonchev–Trinajstić information content (AvgIpc) is 2.63. The summed E-state index contributed by atoms with van der Waals surface area (Å²) in [6, 6.07) is 15.4. The van der Waals surface area contributed by atoms with Gasteiger partial charge in [0.1, 0.15) is 18.2 Å². The van der Waals surface area contributed by atoms with E-state index in [1.807, 2.05) is 30.3 Å². The topological polar surface area (TPSA) is 118 Å². The first-order chi connectivity index (χ1) is 12.5. The number of pyridine rings is 1. The molecule has 0 bridgehead atoms. The molecular formula is C18H12N4O4. The maximum atomic E-state index is 12.3. The van der Waals surface area contributed by atoms with Crippen molar-refractivity contribution in [2.24, 2.45) is 0 Å². The maximum Gasteiger partial charge on any atom is 0.287 e. The lowest BCUT2D eigenvalue weighted by Gasteiger charge is -2.10. The van der Waals surface area contributed by atoms with E-state index >= 15 is 0 Å². The van der Waals surface area contributed by atoms with Crippen LogP contribution in [0, 0.1) is 21.4 Å². The third-order valence-electron chi connectivity index (χ3n) is 3.78. The lowest BCUT2D eigenvalue weighted by molar-refractivity contribution is -0.385. The van der Waals surface area contributed by atoms with Crippen LogP contribution in [0.5, 0.6) is 0 Å². The van der Waals surface area contributed by atoms with Gasteiger partial charge in [0.2, 0.25) is 5.91 Å². The number of hydrogen-bond donors (Lipinski definition) is 1. The maximum absolute atomic E-state index is 12.3. The third-order valence-corrected chi connectivity index (χ3v) is 3.78. The molecule has 8 nitrogen and oxygen atoms in total. The average molecular weight is 348 g/mol. The molecule has 0 radical (unpaired) electrons. The molecule has 2 aromatic carbocycles. The Kier molecular flexibility index (Phi) is 4.45. The molecular weight excluding hydrogens is 336 g/mol. The molecule has 0 fully saturated rings. The Morgan fingerprint density at radius 3 is 2.69 bits per heavy atom. The van der Waals surface area contributed by atoms with E-state index in [4.69, 9.17) is 5.26 Å². The molecule has 8 heteroatoms. The van der Waals surface area contributed by atoms with Gasteiger partial charge in [-0.1, -0.05) is 36.4 Å². The van der Waals surface area contributed by atoms with Crippen molar-refractivity contribution in [2.75, 3.05) is 5.32 Å². The van der Waals surface area contributed by atoms with E-state index < -0.39 is 34.2 Å². The zero-order chi connectivity index (χ0) is 18.7. The van der Waals surface area contributed by atoms with E-state index in [2.05, 4.69) is 5.32 Å². The number of nitrogens with zero attached hydrogens (tertiary/aromatic N) is 3. The fourth-order valence-corrected chi connectivity index (χ4v) is 2.60. The Balaban J connectivity index is 1.91. The van der Waals surface area contributed by atoms with Crippen molar-refractivity contribution in [1.82, 2.24) is 4.57 Å². The predicted octanol–water partition coefficient (Wildman–Crippen LogP) is 2.42. The summed E-state index contributed by atoms with van der Waals surface area (Å²) in [4.78, 5) is 34.7. The van der Waals surface area contributed by atoms with E-state index in [-0.39, 0.29) is 0 Å². The summed E-state index contributed by atoms with van der Waals surface area (Å²) >= 11 is 0. The van der Waals surface area contributed by atoms with Crippen molar-refractivity contribution in [3.8, 4) is 6.07 Å². The van der Waals surface area contributed by atoms with Crippen molar-refractivity contribution in [3.63, 3.8) is 0 Å². The van der Waals surface area contributed by atoms with Crippen molar-refractivity contribution in [2.45, 2.75) is 6.54 Å². The lowest BCUT2D eigenvalue weighted by Crippen LogP contribution is -2.29. The largest absolute Gasteiger partial charge is 0.324 e. The van der Waals surface area contributed by atoms with Crippen LogP contribution in [0.4, 0.5) is 11.4 Å².